The highest BCUT2D eigenvalue weighted by atomic mass is 16.5. The zero-order valence-electron chi connectivity index (χ0n) is 11.9. The Kier molecular flexibility index (Phi) is 6.45. The van der Waals surface area contributed by atoms with E-state index >= 15 is 0 Å². The van der Waals surface area contributed by atoms with Crippen molar-refractivity contribution in [3.63, 3.8) is 0 Å². The summed E-state index contributed by atoms with van der Waals surface area (Å²) in [6, 6.07) is 0.555. The molecule has 2 atom stereocenters. The lowest BCUT2D eigenvalue weighted by molar-refractivity contribution is -0.0614. The molecule has 1 heterocycles. The molecular formula is C14H30N2O. The average molecular weight is 242 g/mol. The van der Waals surface area contributed by atoms with Crippen molar-refractivity contribution in [1.29, 1.82) is 0 Å². The molecule has 1 aliphatic rings. The molecule has 0 saturated carbocycles. The molecule has 0 bridgehead atoms. The summed E-state index contributed by atoms with van der Waals surface area (Å²) >= 11 is 0. The minimum absolute atomic E-state index is 0.166. The fourth-order valence-electron chi connectivity index (χ4n) is 2.82. The number of hydrogen-bond acceptors (Lipinski definition) is 3. The molecule has 1 fully saturated rings. The van der Waals surface area contributed by atoms with Gasteiger partial charge in [0.1, 0.15) is 0 Å². The second-order valence-electron chi connectivity index (χ2n) is 5.49. The molecule has 0 aromatic rings. The van der Waals surface area contributed by atoms with Gasteiger partial charge in [-0.3, -0.25) is 4.90 Å². The number of nitrogens with zero attached hydrogens (tertiary/aromatic N) is 1. The maximum absolute atomic E-state index is 6.05. The molecule has 0 radical (unpaired) electrons. The van der Waals surface area contributed by atoms with E-state index in [2.05, 4.69) is 25.7 Å². The predicted molar refractivity (Wildman–Crippen MR) is 73.2 cm³/mol. The fourth-order valence-corrected chi connectivity index (χ4v) is 2.82. The third-order valence-corrected chi connectivity index (χ3v) is 4.15. The van der Waals surface area contributed by atoms with Gasteiger partial charge in [-0.05, 0) is 19.8 Å². The molecule has 2 unspecified atom stereocenters. The monoisotopic (exact) mass is 242 g/mol. The molecule has 0 aromatic carbocycles. The third-order valence-electron chi connectivity index (χ3n) is 4.15. The van der Waals surface area contributed by atoms with Crippen LogP contribution in [0.3, 0.4) is 0 Å². The second kappa shape index (κ2) is 7.34. The molecule has 17 heavy (non-hydrogen) atoms. The lowest BCUT2D eigenvalue weighted by Crippen LogP contribution is -2.60. The Morgan fingerprint density at radius 3 is 2.71 bits per heavy atom. The normalized spacial score (nSPS) is 25.8. The SMILES string of the molecule is CCCCCC(C)(CN)N1CCOCC1CC. The van der Waals surface area contributed by atoms with Crippen LogP contribution >= 0.6 is 0 Å². The Balaban J connectivity index is 2.61. The summed E-state index contributed by atoms with van der Waals surface area (Å²) in [5.41, 5.74) is 6.22. The van der Waals surface area contributed by atoms with E-state index in [0.29, 0.717) is 6.04 Å². The second-order valence-corrected chi connectivity index (χ2v) is 5.49. The van der Waals surface area contributed by atoms with Gasteiger partial charge >= 0.3 is 0 Å². The van der Waals surface area contributed by atoms with E-state index in [-0.39, 0.29) is 5.54 Å². The van der Waals surface area contributed by atoms with E-state index in [0.717, 1.165) is 32.7 Å². The lowest BCUT2D eigenvalue weighted by Gasteiger charge is -2.47. The maximum Gasteiger partial charge on any atom is 0.0622 e. The minimum Gasteiger partial charge on any atom is -0.378 e. The molecule has 2 N–H and O–H groups in total. The number of hydrogen-bond donors (Lipinski definition) is 1. The molecule has 3 heteroatoms. The first-order valence-corrected chi connectivity index (χ1v) is 7.22. The molecule has 1 rings (SSSR count). The van der Waals surface area contributed by atoms with Crippen LogP contribution in [-0.4, -0.2) is 42.8 Å². The summed E-state index contributed by atoms with van der Waals surface area (Å²) < 4.78 is 5.59. The van der Waals surface area contributed by atoms with Gasteiger partial charge < -0.3 is 10.5 Å². The highest BCUT2D eigenvalue weighted by Crippen LogP contribution is 2.27. The number of morpholine rings is 1. The van der Waals surface area contributed by atoms with Gasteiger partial charge in [0.05, 0.1) is 13.2 Å². The van der Waals surface area contributed by atoms with Crippen LogP contribution in [0.5, 0.6) is 0 Å². The number of rotatable bonds is 7. The fraction of sp³-hybridized carbons (Fsp3) is 1.00. The van der Waals surface area contributed by atoms with Crippen molar-refractivity contribution in [1.82, 2.24) is 4.90 Å². The number of unbranched alkanes of at least 4 members (excludes halogenated alkanes) is 2. The van der Waals surface area contributed by atoms with E-state index in [1.807, 2.05) is 0 Å². The Labute approximate surface area is 107 Å². The summed E-state index contributed by atoms with van der Waals surface area (Å²) in [6.45, 7) is 10.4. The van der Waals surface area contributed by atoms with Crippen molar-refractivity contribution in [2.24, 2.45) is 5.73 Å². The molecule has 3 nitrogen and oxygen atoms in total. The average Bonchev–Trinajstić information content (AvgIpc) is 2.38. The highest BCUT2D eigenvalue weighted by molar-refractivity contribution is 4.92. The van der Waals surface area contributed by atoms with Gasteiger partial charge in [-0.1, -0.05) is 33.1 Å². The van der Waals surface area contributed by atoms with Crippen LogP contribution in [0.25, 0.3) is 0 Å². The molecular weight excluding hydrogens is 212 g/mol. The summed E-state index contributed by atoms with van der Waals surface area (Å²) in [7, 11) is 0. The van der Waals surface area contributed by atoms with E-state index < -0.39 is 0 Å². The first-order chi connectivity index (χ1) is 8.18. The van der Waals surface area contributed by atoms with Gasteiger partial charge in [-0.15, -0.1) is 0 Å². The Morgan fingerprint density at radius 1 is 1.35 bits per heavy atom. The largest absolute Gasteiger partial charge is 0.378 e. The van der Waals surface area contributed by atoms with E-state index in [9.17, 15) is 0 Å². The molecule has 102 valence electrons. The zero-order valence-corrected chi connectivity index (χ0v) is 11.9. The van der Waals surface area contributed by atoms with Crippen molar-refractivity contribution < 1.29 is 4.74 Å². The van der Waals surface area contributed by atoms with Crippen LogP contribution in [0.4, 0.5) is 0 Å². The van der Waals surface area contributed by atoms with Gasteiger partial charge in [-0.2, -0.15) is 0 Å². The maximum atomic E-state index is 6.05. The standard InChI is InChI=1S/C14H30N2O/c1-4-6-7-8-14(3,12-15)16-9-10-17-11-13(16)5-2/h13H,4-12,15H2,1-3H3. The van der Waals surface area contributed by atoms with Crippen molar-refractivity contribution in [2.45, 2.75) is 64.5 Å². The highest BCUT2D eigenvalue weighted by Gasteiger charge is 2.35. The zero-order chi connectivity index (χ0) is 12.7. The van der Waals surface area contributed by atoms with Crippen LogP contribution in [0.2, 0.25) is 0 Å². The summed E-state index contributed by atoms with van der Waals surface area (Å²) in [6.07, 6.45) is 6.26. The Bertz CT molecular complexity index is 210. The van der Waals surface area contributed by atoms with Crippen molar-refractivity contribution in [3.05, 3.63) is 0 Å². The Morgan fingerprint density at radius 2 is 2.12 bits per heavy atom. The van der Waals surface area contributed by atoms with Crippen LogP contribution in [0.15, 0.2) is 0 Å². The van der Waals surface area contributed by atoms with Gasteiger partial charge in [0.2, 0.25) is 0 Å². The summed E-state index contributed by atoms with van der Waals surface area (Å²) in [4.78, 5) is 2.60. The quantitative estimate of drug-likeness (QED) is 0.697. The molecule has 0 aliphatic carbocycles. The van der Waals surface area contributed by atoms with Gasteiger partial charge in [-0.25, -0.2) is 0 Å². The number of nitrogens with two attached hydrogens (primary N) is 1. The summed E-state index contributed by atoms with van der Waals surface area (Å²) in [5.74, 6) is 0. The molecule has 1 aliphatic heterocycles. The van der Waals surface area contributed by atoms with Crippen LogP contribution in [-0.2, 0) is 4.74 Å². The van der Waals surface area contributed by atoms with Gasteiger partial charge in [0.25, 0.3) is 0 Å². The molecule has 0 spiro atoms. The van der Waals surface area contributed by atoms with Gasteiger partial charge in [0.15, 0.2) is 0 Å². The first-order valence-electron chi connectivity index (χ1n) is 7.22. The minimum atomic E-state index is 0.166. The van der Waals surface area contributed by atoms with E-state index in [1.165, 1.54) is 25.7 Å². The smallest absolute Gasteiger partial charge is 0.0622 e. The predicted octanol–water partition coefficient (Wildman–Crippen LogP) is 2.39. The Hall–Kier alpha value is -0.120. The molecule has 0 aromatic heterocycles. The van der Waals surface area contributed by atoms with Crippen LogP contribution < -0.4 is 5.73 Å². The lowest BCUT2D eigenvalue weighted by atomic mass is 9.90. The van der Waals surface area contributed by atoms with Crippen LogP contribution in [0.1, 0.15) is 52.9 Å². The third kappa shape index (κ3) is 3.94. The molecule has 0 amide bonds. The van der Waals surface area contributed by atoms with E-state index in [1.54, 1.807) is 0 Å². The van der Waals surface area contributed by atoms with Gasteiger partial charge in [0, 0.05) is 24.7 Å². The topological polar surface area (TPSA) is 38.5 Å². The van der Waals surface area contributed by atoms with Crippen molar-refractivity contribution in [3.8, 4) is 0 Å². The van der Waals surface area contributed by atoms with Crippen molar-refractivity contribution in [2.75, 3.05) is 26.3 Å². The first kappa shape index (κ1) is 14.9. The molecule has 1 saturated heterocycles. The van der Waals surface area contributed by atoms with Crippen LogP contribution in [0, 0.1) is 0 Å². The van der Waals surface area contributed by atoms with Crippen molar-refractivity contribution >= 4 is 0 Å². The van der Waals surface area contributed by atoms with E-state index in [4.69, 9.17) is 10.5 Å². The summed E-state index contributed by atoms with van der Waals surface area (Å²) in [5, 5.41) is 0. The number of ether oxygens (including phenoxy) is 1.